The van der Waals surface area contributed by atoms with E-state index in [0.29, 0.717) is 11.5 Å². The van der Waals surface area contributed by atoms with E-state index < -0.39 is 0 Å². The quantitative estimate of drug-likeness (QED) is 0.553. The van der Waals surface area contributed by atoms with Crippen LogP contribution >= 0.6 is 0 Å². The van der Waals surface area contributed by atoms with Gasteiger partial charge in [0.25, 0.3) is 0 Å². The average molecular weight is 328 g/mol. The van der Waals surface area contributed by atoms with Crippen LogP contribution in [0.2, 0.25) is 0 Å². The molecule has 0 spiro atoms. The van der Waals surface area contributed by atoms with Crippen molar-refractivity contribution in [3.05, 3.63) is 107 Å². The molecule has 0 aromatic rings. The molecule has 0 N–H and O–H groups in total. The molecule has 0 aromatic carbocycles. The lowest BCUT2D eigenvalue weighted by Crippen LogP contribution is -2.30. The van der Waals surface area contributed by atoms with Crippen molar-refractivity contribution in [2.45, 2.75) is 6.92 Å². The first kappa shape index (κ1) is 15.6. The summed E-state index contributed by atoms with van der Waals surface area (Å²) in [6, 6.07) is 0. The smallest absolute Gasteiger partial charge is 0.338 e. The van der Waals surface area contributed by atoms with E-state index in [-0.39, 0.29) is 18.5 Å². The Morgan fingerprint density at radius 2 is 1.72 bits per heavy atom. The lowest BCUT2D eigenvalue weighted by atomic mass is 9.63. The molecule has 0 saturated heterocycles. The van der Waals surface area contributed by atoms with Gasteiger partial charge in [0.2, 0.25) is 0 Å². The van der Waals surface area contributed by atoms with E-state index in [4.69, 9.17) is 4.74 Å². The van der Waals surface area contributed by atoms with Gasteiger partial charge < -0.3 is 4.74 Å². The molecule has 2 heteroatoms. The van der Waals surface area contributed by atoms with E-state index in [1.54, 1.807) is 0 Å². The summed E-state index contributed by atoms with van der Waals surface area (Å²) in [6.07, 6.45) is 26.5. The van der Waals surface area contributed by atoms with Crippen molar-refractivity contribution >= 4 is 5.97 Å². The van der Waals surface area contributed by atoms with E-state index in [1.165, 1.54) is 16.7 Å². The van der Waals surface area contributed by atoms with Gasteiger partial charge in [0.05, 0.1) is 5.57 Å². The topological polar surface area (TPSA) is 26.3 Å². The molecule has 4 aliphatic carbocycles. The molecule has 2 atom stereocenters. The Labute approximate surface area is 148 Å². The van der Waals surface area contributed by atoms with Crippen LogP contribution in [0.5, 0.6) is 0 Å². The highest BCUT2D eigenvalue weighted by Crippen LogP contribution is 2.49. The highest BCUT2D eigenvalue weighted by Gasteiger charge is 2.39. The van der Waals surface area contributed by atoms with Gasteiger partial charge in [-0.05, 0) is 41.4 Å². The van der Waals surface area contributed by atoms with Gasteiger partial charge in [0, 0.05) is 11.8 Å². The number of esters is 1. The summed E-state index contributed by atoms with van der Waals surface area (Å²) in [4.78, 5) is 12.6. The van der Waals surface area contributed by atoms with Crippen molar-refractivity contribution in [1.82, 2.24) is 0 Å². The summed E-state index contributed by atoms with van der Waals surface area (Å²) in [6.45, 7) is 2.24. The van der Waals surface area contributed by atoms with Gasteiger partial charge in [0.1, 0.15) is 6.61 Å². The molecule has 0 heterocycles. The molecule has 2 nitrogen and oxygen atoms in total. The van der Waals surface area contributed by atoms with E-state index in [2.05, 4.69) is 48.6 Å². The molecule has 25 heavy (non-hydrogen) atoms. The first-order valence-electron chi connectivity index (χ1n) is 8.65. The Bertz CT molecular complexity index is 879. The fourth-order valence-electron chi connectivity index (χ4n) is 3.84. The van der Waals surface area contributed by atoms with Crippen molar-refractivity contribution in [3.63, 3.8) is 0 Å². The Morgan fingerprint density at radius 3 is 2.56 bits per heavy atom. The highest BCUT2D eigenvalue weighted by molar-refractivity contribution is 5.94. The minimum atomic E-state index is -0.255. The molecular formula is C23H20O2. The maximum Gasteiger partial charge on any atom is 0.338 e. The monoisotopic (exact) mass is 328 g/mol. The Morgan fingerprint density at radius 1 is 0.960 bits per heavy atom. The summed E-state index contributed by atoms with van der Waals surface area (Å²) in [5.74, 6) is 0.273. The van der Waals surface area contributed by atoms with E-state index >= 15 is 0 Å². The summed E-state index contributed by atoms with van der Waals surface area (Å²) in [5, 5.41) is 0. The van der Waals surface area contributed by atoms with Crippen molar-refractivity contribution in [3.8, 4) is 0 Å². The predicted molar refractivity (Wildman–Crippen MR) is 101 cm³/mol. The summed E-state index contributed by atoms with van der Waals surface area (Å²) in [5.41, 5.74) is 5.63. The predicted octanol–water partition coefficient (Wildman–Crippen LogP) is 4.69. The minimum Gasteiger partial charge on any atom is -0.458 e. The van der Waals surface area contributed by atoms with E-state index in [1.807, 2.05) is 37.3 Å². The van der Waals surface area contributed by atoms with Gasteiger partial charge in [-0.2, -0.15) is 0 Å². The Balaban J connectivity index is 1.64. The standard InChI is InChI=1S/C23H20O2/c1-2-3-4-5-15-25-23(24)20-14-12-18-10-9-16-7-6-8-17-11-13-19(20)22(18)21(16)17/h2-14,21-22H,15H2,1H3/b3-2+,5-4+. The van der Waals surface area contributed by atoms with E-state index in [9.17, 15) is 4.79 Å². The van der Waals surface area contributed by atoms with Crippen LogP contribution in [0.15, 0.2) is 107 Å². The summed E-state index contributed by atoms with van der Waals surface area (Å²) in [7, 11) is 0. The number of hydrogen-bond acceptors (Lipinski definition) is 2. The molecule has 0 fully saturated rings. The molecule has 4 aliphatic rings. The second-order valence-electron chi connectivity index (χ2n) is 6.40. The number of hydrogen-bond donors (Lipinski definition) is 0. The molecule has 0 bridgehead atoms. The van der Waals surface area contributed by atoms with Crippen molar-refractivity contribution in [2.75, 3.05) is 6.61 Å². The molecule has 0 aliphatic heterocycles. The minimum absolute atomic E-state index is 0.215. The van der Waals surface area contributed by atoms with Gasteiger partial charge in [0.15, 0.2) is 0 Å². The lowest BCUT2D eigenvalue weighted by molar-refractivity contribution is -0.137. The van der Waals surface area contributed by atoms with Gasteiger partial charge in [-0.1, -0.05) is 66.8 Å². The maximum atomic E-state index is 12.6. The summed E-state index contributed by atoms with van der Waals surface area (Å²) >= 11 is 0. The first-order valence-corrected chi connectivity index (χ1v) is 8.65. The van der Waals surface area contributed by atoms with Crippen LogP contribution in [-0.4, -0.2) is 12.6 Å². The number of carbonyl (C=O) groups is 1. The van der Waals surface area contributed by atoms with Gasteiger partial charge in [-0.3, -0.25) is 0 Å². The van der Waals surface area contributed by atoms with Gasteiger partial charge >= 0.3 is 5.97 Å². The zero-order chi connectivity index (χ0) is 17.2. The largest absolute Gasteiger partial charge is 0.458 e. The average Bonchev–Trinajstić information content (AvgIpc) is 2.65. The third-order valence-electron chi connectivity index (χ3n) is 4.97. The normalized spacial score (nSPS) is 25.9. The van der Waals surface area contributed by atoms with Crippen molar-refractivity contribution < 1.29 is 9.53 Å². The molecule has 124 valence electrons. The van der Waals surface area contributed by atoms with Crippen molar-refractivity contribution in [1.29, 1.82) is 0 Å². The third kappa shape index (κ3) is 2.74. The van der Waals surface area contributed by atoms with Crippen LogP contribution < -0.4 is 0 Å². The number of ether oxygens (including phenoxy) is 1. The van der Waals surface area contributed by atoms with Crippen LogP contribution in [-0.2, 0) is 9.53 Å². The second-order valence-corrected chi connectivity index (χ2v) is 6.40. The maximum absolute atomic E-state index is 12.6. The van der Waals surface area contributed by atoms with Crippen LogP contribution in [0, 0.1) is 11.8 Å². The zero-order valence-corrected chi connectivity index (χ0v) is 14.2. The zero-order valence-electron chi connectivity index (χ0n) is 14.2. The van der Waals surface area contributed by atoms with Crippen LogP contribution in [0.4, 0.5) is 0 Å². The Hall–Kier alpha value is -2.87. The molecule has 0 aromatic heterocycles. The Kier molecular flexibility index (Phi) is 4.10. The van der Waals surface area contributed by atoms with Crippen molar-refractivity contribution in [2.24, 2.45) is 11.8 Å². The van der Waals surface area contributed by atoms with Crippen LogP contribution in [0.3, 0.4) is 0 Å². The molecular weight excluding hydrogens is 308 g/mol. The third-order valence-corrected chi connectivity index (χ3v) is 4.97. The number of allylic oxidation sites excluding steroid dienone is 15. The molecule has 0 radical (unpaired) electrons. The fourth-order valence-corrected chi connectivity index (χ4v) is 3.84. The van der Waals surface area contributed by atoms with Gasteiger partial charge in [-0.15, -0.1) is 0 Å². The van der Waals surface area contributed by atoms with Gasteiger partial charge in [-0.25, -0.2) is 4.79 Å². The SMILES string of the molecule is C/C=C/C=C/COC(=O)C1=C2C=CC3=CC=CC4=CC=C(C=C1)C2C34. The van der Waals surface area contributed by atoms with Crippen LogP contribution in [0.25, 0.3) is 0 Å². The molecule has 0 saturated carbocycles. The molecule has 2 unspecified atom stereocenters. The first-order chi connectivity index (χ1) is 12.3. The highest BCUT2D eigenvalue weighted by atomic mass is 16.5. The second kappa shape index (κ2) is 6.56. The van der Waals surface area contributed by atoms with Crippen LogP contribution in [0.1, 0.15) is 6.92 Å². The lowest BCUT2D eigenvalue weighted by Gasteiger charge is -2.40. The summed E-state index contributed by atoms with van der Waals surface area (Å²) < 4.78 is 5.43. The number of rotatable bonds is 4. The molecule has 4 rings (SSSR count). The van der Waals surface area contributed by atoms with E-state index in [0.717, 1.165) is 5.57 Å². The number of carbonyl (C=O) groups excluding carboxylic acids is 1. The fraction of sp³-hybridized carbons (Fsp3) is 0.174. The molecule has 0 amide bonds.